The number of sulfonamides is 1. The van der Waals surface area contributed by atoms with Crippen LogP contribution in [0.4, 0.5) is 5.69 Å². The maximum absolute atomic E-state index is 11.4. The third-order valence-corrected chi connectivity index (χ3v) is 2.81. The number of nitrogens with one attached hydrogen (secondary N) is 1. The van der Waals surface area contributed by atoms with Crippen LogP contribution in [0.2, 0.25) is 0 Å². The van der Waals surface area contributed by atoms with Gasteiger partial charge in [-0.25, -0.2) is 18.1 Å². The zero-order valence-corrected chi connectivity index (χ0v) is 8.16. The molecule has 0 atom stereocenters. The summed E-state index contributed by atoms with van der Waals surface area (Å²) in [6.45, 7) is -0.289. The van der Waals surface area contributed by atoms with E-state index in [1.807, 2.05) is 0 Å². The van der Waals surface area contributed by atoms with E-state index in [0.29, 0.717) is 5.69 Å². The Morgan fingerprint density at radius 1 is 1.50 bits per heavy atom. The summed E-state index contributed by atoms with van der Waals surface area (Å²) in [6, 6.07) is 2.75. The van der Waals surface area contributed by atoms with Crippen molar-refractivity contribution in [3.05, 3.63) is 18.3 Å². The van der Waals surface area contributed by atoms with Crippen molar-refractivity contribution in [2.45, 2.75) is 5.03 Å². The second-order valence-electron chi connectivity index (χ2n) is 2.55. The van der Waals surface area contributed by atoms with Crippen molar-refractivity contribution < 1.29 is 13.5 Å². The number of aliphatic hydroxyl groups excluding tert-OH is 1. The molecular formula is C7H11N3O3S. The third-order valence-electron chi connectivity index (χ3n) is 1.44. The summed E-state index contributed by atoms with van der Waals surface area (Å²) in [5, 5.41) is 8.34. The lowest BCUT2D eigenvalue weighted by Crippen LogP contribution is -2.27. The van der Waals surface area contributed by atoms with Crippen molar-refractivity contribution in [1.29, 1.82) is 0 Å². The number of nitrogens with zero attached hydrogens (tertiary/aromatic N) is 1. The standard InChI is InChI=1S/C7H11N3O3S/c8-6-1-2-7(9-5-6)14(12,13)10-3-4-11/h1-2,5,10-11H,3-4,8H2. The lowest BCUT2D eigenvalue weighted by molar-refractivity contribution is 0.301. The van der Waals surface area contributed by atoms with Crippen LogP contribution in [0.1, 0.15) is 0 Å². The van der Waals surface area contributed by atoms with Crippen molar-refractivity contribution in [2.24, 2.45) is 0 Å². The summed E-state index contributed by atoms with van der Waals surface area (Å²) in [5.41, 5.74) is 5.75. The highest BCUT2D eigenvalue weighted by Gasteiger charge is 2.13. The fraction of sp³-hybridized carbons (Fsp3) is 0.286. The monoisotopic (exact) mass is 217 g/mol. The molecule has 0 aliphatic heterocycles. The minimum absolute atomic E-state index is 0.0333. The number of aliphatic hydroxyl groups is 1. The van der Waals surface area contributed by atoms with Gasteiger partial charge in [-0.15, -0.1) is 0 Å². The number of hydrogen-bond donors (Lipinski definition) is 3. The molecule has 0 saturated heterocycles. The van der Waals surface area contributed by atoms with E-state index >= 15 is 0 Å². The molecule has 0 aliphatic carbocycles. The molecular weight excluding hydrogens is 206 g/mol. The average molecular weight is 217 g/mol. The van der Waals surface area contributed by atoms with Crippen molar-refractivity contribution in [3.63, 3.8) is 0 Å². The van der Waals surface area contributed by atoms with E-state index < -0.39 is 10.0 Å². The number of nitrogens with two attached hydrogens (primary N) is 1. The maximum Gasteiger partial charge on any atom is 0.258 e. The molecule has 14 heavy (non-hydrogen) atoms. The van der Waals surface area contributed by atoms with Crippen LogP contribution in [-0.2, 0) is 10.0 Å². The van der Waals surface area contributed by atoms with Crippen LogP contribution in [0, 0.1) is 0 Å². The Kier molecular flexibility index (Phi) is 3.39. The van der Waals surface area contributed by atoms with Crippen LogP contribution in [0.25, 0.3) is 0 Å². The largest absolute Gasteiger partial charge is 0.397 e. The molecule has 1 aromatic heterocycles. The molecule has 0 unspecified atom stereocenters. The second-order valence-corrected chi connectivity index (χ2v) is 4.26. The summed E-state index contributed by atoms with van der Waals surface area (Å²) in [6.07, 6.45) is 1.26. The Labute approximate surface area is 81.8 Å². The first-order valence-corrected chi connectivity index (χ1v) is 5.36. The zero-order valence-electron chi connectivity index (χ0n) is 7.34. The van der Waals surface area contributed by atoms with Crippen molar-refractivity contribution in [2.75, 3.05) is 18.9 Å². The number of anilines is 1. The highest BCUT2D eigenvalue weighted by molar-refractivity contribution is 7.89. The summed E-state index contributed by atoms with van der Waals surface area (Å²) < 4.78 is 24.9. The molecule has 0 aliphatic rings. The van der Waals surface area contributed by atoms with Crippen LogP contribution < -0.4 is 10.5 Å². The van der Waals surface area contributed by atoms with E-state index in [9.17, 15) is 8.42 Å². The molecule has 78 valence electrons. The lowest BCUT2D eigenvalue weighted by Gasteiger charge is -2.03. The third kappa shape index (κ3) is 2.66. The van der Waals surface area contributed by atoms with E-state index in [-0.39, 0.29) is 18.2 Å². The highest BCUT2D eigenvalue weighted by Crippen LogP contribution is 2.06. The van der Waals surface area contributed by atoms with Gasteiger partial charge in [0.2, 0.25) is 0 Å². The summed E-state index contributed by atoms with van der Waals surface area (Å²) in [7, 11) is -3.62. The van der Waals surface area contributed by atoms with E-state index in [2.05, 4.69) is 9.71 Å². The van der Waals surface area contributed by atoms with Crippen LogP contribution in [0.3, 0.4) is 0 Å². The maximum atomic E-state index is 11.4. The first-order chi connectivity index (χ1) is 6.56. The van der Waals surface area contributed by atoms with Crippen LogP contribution in [-0.4, -0.2) is 31.7 Å². The van der Waals surface area contributed by atoms with Gasteiger partial charge in [0.05, 0.1) is 18.5 Å². The van der Waals surface area contributed by atoms with Crippen LogP contribution in [0.15, 0.2) is 23.4 Å². The Balaban J connectivity index is 2.87. The fourth-order valence-corrected chi connectivity index (χ4v) is 1.75. The molecule has 0 aromatic carbocycles. The van der Waals surface area contributed by atoms with E-state index in [1.165, 1.54) is 18.3 Å². The summed E-state index contributed by atoms with van der Waals surface area (Å²) in [4.78, 5) is 3.65. The number of aromatic nitrogens is 1. The topological polar surface area (TPSA) is 105 Å². The smallest absolute Gasteiger partial charge is 0.258 e. The predicted molar refractivity (Wildman–Crippen MR) is 50.9 cm³/mol. The number of hydrogen-bond acceptors (Lipinski definition) is 5. The second kappa shape index (κ2) is 4.36. The van der Waals surface area contributed by atoms with Gasteiger partial charge in [-0.2, -0.15) is 0 Å². The molecule has 0 saturated carbocycles. The molecule has 0 spiro atoms. The van der Waals surface area contributed by atoms with Gasteiger partial charge in [0.15, 0.2) is 5.03 Å². The summed E-state index contributed by atoms with van der Waals surface area (Å²) in [5.74, 6) is 0. The average Bonchev–Trinajstić information content (AvgIpc) is 2.16. The van der Waals surface area contributed by atoms with Crippen molar-refractivity contribution >= 4 is 15.7 Å². The molecule has 1 heterocycles. The Bertz CT molecular complexity index is 387. The SMILES string of the molecule is Nc1ccc(S(=O)(=O)NCCO)nc1. The van der Waals surface area contributed by atoms with Crippen LogP contribution in [0.5, 0.6) is 0 Å². The molecule has 4 N–H and O–H groups in total. The van der Waals surface area contributed by atoms with Gasteiger partial charge in [-0.05, 0) is 12.1 Å². The predicted octanol–water partition coefficient (Wildman–Crippen LogP) is -1.07. The zero-order chi connectivity index (χ0) is 10.6. The minimum atomic E-state index is -3.62. The molecule has 1 rings (SSSR count). The minimum Gasteiger partial charge on any atom is -0.397 e. The van der Waals surface area contributed by atoms with Gasteiger partial charge in [0.25, 0.3) is 10.0 Å². The molecule has 0 radical (unpaired) electrons. The van der Waals surface area contributed by atoms with Gasteiger partial charge >= 0.3 is 0 Å². The van der Waals surface area contributed by atoms with Gasteiger partial charge in [-0.3, -0.25) is 0 Å². The number of rotatable bonds is 4. The molecule has 6 nitrogen and oxygen atoms in total. The molecule has 7 heteroatoms. The summed E-state index contributed by atoms with van der Waals surface area (Å²) >= 11 is 0. The fourth-order valence-electron chi connectivity index (χ4n) is 0.805. The van der Waals surface area contributed by atoms with Gasteiger partial charge in [0, 0.05) is 6.54 Å². The van der Waals surface area contributed by atoms with Crippen LogP contribution >= 0.6 is 0 Å². The number of pyridine rings is 1. The quantitative estimate of drug-likeness (QED) is 0.596. The normalized spacial score (nSPS) is 11.5. The number of nitrogen functional groups attached to an aromatic ring is 1. The highest BCUT2D eigenvalue weighted by atomic mass is 32.2. The van der Waals surface area contributed by atoms with Gasteiger partial charge < -0.3 is 10.8 Å². The van der Waals surface area contributed by atoms with E-state index in [0.717, 1.165) is 0 Å². The first kappa shape index (κ1) is 10.9. The molecule has 0 bridgehead atoms. The van der Waals surface area contributed by atoms with Crippen molar-refractivity contribution in [1.82, 2.24) is 9.71 Å². The first-order valence-electron chi connectivity index (χ1n) is 3.88. The Morgan fingerprint density at radius 2 is 2.21 bits per heavy atom. The van der Waals surface area contributed by atoms with Gasteiger partial charge in [-0.1, -0.05) is 0 Å². The molecule has 0 amide bonds. The Hall–Kier alpha value is -1.18. The van der Waals surface area contributed by atoms with E-state index in [4.69, 9.17) is 10.8 Å². The Morgan fingerprint density at radius 3 is 2.71 bits per heavy atom. The molecule has 0 fully saturated rings. The van der Waals surface area contributed by atoms with E-state index in [1.54, 1.807) is 0 Å². The lowest BCUT2D eigenvalue weighted by atomic mass is 10.4. The molecule has 1 aromatic rings. The van der Waals surface area contributed by atoms with Crippen molar-refractivity contribution in [3.8, 4) is 0 Å². The van der Waals surface area contributed by atoms with Gasteiger partial charge in [0.1, 0.15) is 0 Å².